The summed E-state index contributed by atoms with van der Waals surface area (Å²) in [5.74, 6) is 1.60. The van der Waals surface area contributed by atoms with Crippen molar-refractivity contribution in [3.8, 4) is 0 Å². The largest absolute Gasteiger partial charge is 0.342 e. The molecule has 0 aromatic heterocycles. The second kappa shape index (κ2) is 5.79. The van der Waals surface area contributed by atoms with E-state index in [9.17, 15) is 4.79 Å². The molecule has 4 heteroatoms. The fourth-order valence-electron chi connectivity index (χ4n) is 3.15. The van der Waals surface area contributed by atoms with Crippen LogP contribution in [0.5, 0.6) is 0 Å². The number of likely N-dealkylation sites (tertiary alicyclic amines) is 1. The van der Waals surface area contributed by atoms with Crippen LogP contribution in [0.25, 0.3) is 0 Å². The molecule has 106 valence electrons. The molecule has 0 aromatic carbocycles. The van der Waals surface area contributed by atoms with Gasteiger partial charge in [-0.05, 0) is 36.5 Å². The summed E-state index contributed by atoms with van der Waals surface area (Å²) in [5, 5.41) is 0. The predicted molar refractivity (Wildman–Crippen MR) is 76.7 cm³/mol. The molecule has 1 heterocycles. The highest BCUT2D eigenvalue weighted by molar-refractivity contribution is 5.85. The second-order valence-corrected chi connectivity index (χ2v) is 7.02. The number of hydrogen-bond acceptors (Lipinski definition) is 2. The lowest BCUT2D eigenvalue weighted by Crippen LogP contribution is -2.33. The minimum absolute atomic E-state index is 0. The van der Waals surface area contributed by atoms with Gasteiger partial charge in [-0.15, -0.1) is 12.4 Å². The zero-order valence-electron chi connectivity index (χ0n) is 11.8. The fraction of sp³-hybridized carbons (Fsp3) is 0.929. The van der Waals surface area contributed by atoms with Gasteiger partial charge in [0.2, 0.25) is 5.91 Å². The van der Waals surface area contributed by atoms with Crippen molar-refractivity contribution >= 4 is 18.3 Å². The van der Waals surface area contributed by atoms with Crippen LogP contribution in [0.2, 0.25) is 0 Å². The number of nitrogens with two attached hydrogens (primary N) is 1. The normalized spacial score (nSPS) is 31.1. The van der Waals surface area contributed by atoms with E-state index in [-0.39, 0.29) is 17.8 Å². The molecule has 1 saturated carbocycles. The summed E-state index contributed by atoms with van der Waals surface area (Å²) in [6.07, 6.45) is 4.04. The molecular weight excluding hydrogens is 248 g/mol. The van der Waals surface area contributed by atoms with Gasteiger partial charge in [-0.3, -0.25) is 4.79 Å². The molecule has 3 nitrogen and oxygen atoms in total. The molecule has 1 amide bonds. The molecule has 0 bridgehead atoms. The van der Waals surface area contributed by atoms with Crippen molar-refractivity contribution in [3.63, 3.8) is 0 Å². The van der Waals surface area contributed by atoms with Crippen LogP contribution < -0.4 is 5.73 Å². The second-order valence-electron chi connectivity index (χ2n) is 7.02. The SMILES string of the molecule is CC(C)(C)CCC(=O)N1CC2CCC(N)C2C1.Cl. The molecule has 0 aromatic rings. The summed E-state index contributed by atoms with van der Waals surface area (Å²) < 4.78 is 0. The molecule has 2 fully saturated rings. The molecular formula is C14H27ClN2O. The topological polar surface area (TPSA) is 46.3 Å². The molecule has 0 spiro atoms. The number of fused-ring (bicyclic) bond motifs is 1. The fourth-order valence-corrected chi connectivity index (χ4v) is 3.15. The number of hydrogen-bond donors (Lipinski definition) is 1. The van der Waals surface area contributed by atoms with Crippen LogP contribution in [-0.2, 0) is 4.79 Å². The van der Waals surface area contributed by atoms with Crippen LogP contribution in [0.3, 0.4) is 0 Å². The smallest absolute Gasteiger partial charge is 0.222 e. The Balaban J connectivity index is 0.00000162. The van der Waals surface area contributed by atoms with E-state index in [4.69, 9.17) is 5.73 Å². The van der Waals surface area contributed by atoms with Crippen molar-refractivity contribution in [3.05, 3.63) is 0 Å². The van der Waals surface area contributed by atoms with Gasteiger partial charge in [0, 0.05) is 25.6 Å². The van der Waals surface area contributed by atoms with E-state index in [1.807, 2.05) is 0 Å². The van der Waals surface area contributed by atoms with E-state index in [0.717, 1.165) is 25.9 Å². The van der Waals surface area contributed by atoms with Crippen molar-refractivity contribution in [2.24, 2.45) is 23.0 Å². The molecule has 0 radical (unpaired) electrons. The first kappa shape index (κ1) is 15.8. The third kappa shape index (κ3) is 3.61. The van der Waals surface area contributed by atoms with Gasteiger partial charge in [0.15, 0.2) is 0 Å². The van der Waals surface area contributed by atoms with E-state index >= 15 is 0 Å². The Bertz CT molecular complexity index is 301. The number of carbonyl (C=O) groups is 1. The molecule has 2 aliphatic rings. The molecule has 3 unspecified atom stereocenters. The molecule has 1 saturated heterocycles. The highest BCUT2D eigenvalue weighted by atomic mass is 35.5. The quantitative estimate of drug-likeness (QED) is 0.841. The lowest BCUT2D eigenvalue weighted by molar-refractivity contribution is -0.131. The van der Waals surface area contributed by atoms with E-state index in [1.165, 1.54) is 6.42 Å². The van der Waals surface area contributed by atoms with Crippen molar-refractivity contribution in [2.75, 3.05) is 13.1 Å². The van der Waals surface area contributed by atoms with Crippen LogP contribution in [0.15, 0.2) is 0 Å². The molecule has 18 heavy (non-hydrogen) atoms. The van der Waals surface area contributed by atoms with Crippen LogP contribution in [0, 0.1) is 17.3 Å². The maximum Gasteiger partial charge on any atom is 0.222 e. The first-order chi connectivity index (χ1) is 7.87. The highest BCUT2D eigenvalue weighted by Crippen LogP contribution is 2.37. The Kier molecular flexibility index (Phi) is 5.07. The first-order valence-corrected chi connectivity index (χ1v) is 6.90. The number of amides is 1. The minimum Gasteiger partial charge on any atom is -0.342 e. The van der Waals surface area contributed by atoms with E-state index in [2.05, 4.69) is 25.7 Å². The Morgan fingerprint density at radius 1 is 1.28 bits per heavy atom. The molecule has 1 aliphatic heterocycles. The maximum atomic E-state index is 12.1. The van der Waals surface area contributed by atoms with Gasteiger partial charge in [0.25, 0.3) is 0 Å². The van der Waals surface area contributed by atoms with Crippen molar-refractivity contribution < 1.29 is 4.79 Å². The standard InChI is InChI=1S/C14H26N2O.ClH/c1-14(2,3)7-6-13(17)16-8-10-4-5-12(15)11(10)9-16;/h10-12H,4-9,15H2,1-3H3;1H. The third-order valence-electron chi connectivity index (χ3n) is 4.35. The third-order valence-corrected chi connectivity index (χ3v) is 4.35. The van der Waals surface area contributed by atoms with Gasteiger partial charge in [-0.2, -0.15) is 0 Å². The van der Waals surface area contributed by atoms with Crippen molar-refractivity contribution in [1.82, 2.24) is 4.90 Å². The van der Waals surface area contributed by atoms with Crippen molar-refractivity contribution in [1.29, 1.82) is 0 Å². The summed E-state index contributed by atoms with van der Waals surface area (Å²) in [6.45, 7) is 8.44. The van der Waals surface area contributed by atoms with E-state index in [0.29, 0.717) is 30.2 Å². The van der Waals surface area contributed by atoms with Gasteiger partial charge in [0.05, 0.1) is 0 Å². The Hall–Kier alpha value is -0.280. The summed E-state index contributed by atoms with van der Waals surface area (Å²) in [6, 6.07) is 0.334. The number of halogens is 1. The molecule has 1 aliphatic carbocycles. The predicted octanol–water partition coefficient (Wildman–Crippen LogP) is 2.43. The van der Waals surface area contributed by atoms with Crippen LogP contribution in [0.4, 0.5) is 0 Å². The van der Waals surface area contributed by atoms with Gasteiger partial charge in [-0.25, -0.2) is 0 Å². The van der Waals surface area contributed by atoms with Gasteiger partial charge in [0.1, 0.15) is 0 Å². The van der Waals surface area contributed by atoms with Crippen molar-refractivity contribution in [2.45, 2.75) is 52.5 Å². The van der Waals surface area contributed by atoms with Gasteiger partial charge >= 0.3 is 0 Å². The lowest BCUT2D eigenvalue weighted by Gasteiger charge is -2.22. The Labute approximate surface area is 117 Å². The average Bonchev–Trinajstić information content (AvgIpc) is 2.77. The Morgan fingerprint density at radius 3 is 2.50 bits per heavy atom. The summed E-state index contributed by atoms with van der Waals surface area (Å²) in [7, 11) is 0. The number of carbonyl (C=O) groups excluding carboxylic acids is 1. The minimum atomic E-state index is 0. The lowest BCUT2D eigenvalue weighted by atomic mass is 9.90. The molecule has 2 rings (SSSR count). The number of rotatable bonds is 2. The highest BCUT2D eigenvalue weighted by Gasteiger charge is 2.42. The van der Waals surface area contributed by atoms with Crippen LogP contribution in [-0.4, -0.2) is 29.9 Å². The maximum absolute atomic E-state index is 12.1. The zero-order valence-corrected chi connectivity index (χ0v) is 12.6. The molecule has 3 atom stereocenters. The van der Waals surface area contributed by atoms with Crippen LogP contribution >= 0.6 is 12.4 Å². The van der Waals surface area contributed by atoms with Gasteiger partial charge in [-0.1, -0.05) is 20.8 Å². The van der Waals surface area contributed by atoms with Crippen LogP contribution in [0.1, 0.15) is 46.5 Å². The zero-order chi connectivity index (χ0) is 12.6. The average molecular weight is 275 g/mol. The Morgan fingerprint density at radius 2 is 1.94 bits per heavy atom. The molecule has 2 N–H and O–H groups in total. The monoisotopic (exact) mass is 274 g/mol. The van der Waals surface area contributed by atoms with E-state index < -0.39 is 0 Å². The van der Waals surface area contributed by atoms with E-state index in [1.54, 1.807) is 0 Å². The number of nitrogens with zero attached hydrogens (tertiary/aromatic N) is 1. The summed E-state index contributed by atoms with van der Waals surface area (Å²) >= 11 is 0. The summed E-state index contributed by atoms with van der Waals surface area (Å²) in [5.41, 5.74) is 6.34. The van der Waals surface area contributed by atoms with Gasteiger partial charge < -0.3 is 10.6 Å². The first-order valence-electron chi connectivity index (χ1n) is 6.90. The summed E-state index contributed by atoms with van der Waals surface area (Å²) in [4.78, 5) is 14.2.